The molecule has 4 nitrogen and oxygen atoms in total. The van der Waals surface area contributed by atoms with Crippen LogP contribution in [0.25, 0.3) is 0 Å². The molecule has 0 aliphatic heterocycles. The van der Waals surface area contributed by atoms with Gasteiger partial charge in [0.1, 0.15) is 0 Å². The highest BCUT2D eigenvalue weighted by Gasteiger charge is 2.17. The Morgan fingerprint density at radius 1 is 1.20 bits per heavy atom. The number of aryl methyl sites for hydroxylation is 1. The lowest BCUT2D eigenvalue weighted by molar-refractivity contribution is -0.387. The lowest BCUT2D eigenvalue weighted by Crippen LogP contribution is -1.96. The van der Waals surface area contributed by atoms with Crippen LogP contribution in [0.5, 0.6) is 0 Å². The molecule has 20 heavy (non-hydrogen) atoms. The second-order valence-corrected chi connectivity index (χ2v) is 5.61. The summed E-state index contributed by atoms with van der Waals surface area (Å²) in [6.07, 6.45) is -0.716. The van der Waals surface area contributed by atoms with E-state index in [0.29, 0.717) is 10.5 Å². The molecular formula is C15H15NO3S. The molecule has 0 radical (unpaired) electrons. The molecule has 0 aromatic heterocycles. The summed E-state index contributed by atoms with van der Waals surface area (Å²) in [7, 11) is 0. The summed E-state index contributed by atoms with van der Waals surface area (Å²) in [6.45, 7) is 3.56. The van der Waals surface area contributed by atoms with E-state index in [-0.39, 0.29) is 5.69 Å². The molecule has 0 aliphatic rings. The molecule has 5 heteroatoms. The molecule has 0 saturated heterocycles. The van der Waals surface area contributed by atoms with Gasteiger partial charge < -0.3 is 5.11 Å². The number of nitrogens with zero attached hydrogens (tertiary/aromatic N) is 1. The third kappa shape index (κ3) is 3.18. The largest absolute Gasteiger partial charge is 0.389 e. The Hall–Kier alpha value is -1.85. The zero-order valence-electron chi connectivity index (χ0n) is 11.2. The molecule has 0 heterocycles. The maximum atomic E-state index is 11.2. The van der Waals surface area contributed by atoms with Crippen LogP contribution < -0.4 is 0 Å². The summed E-state index contributed by atoms with van der Waals surface area (Å²) in [6, 6.07) is 12.6. The van der Waals surface area contributed by atoms with E-state index >= 15 is 0 Å². The van der Waals surface area contributed by atoms with Crippen LogP contribution in [-0.2, 0) is 0 Å². The van der Waals surface area contributed by atoms with Crippen molar-refractivity contribution in [3.63, 3.8) is 0 Å². The number of nitro benzene ring substituents is 1. The number of hydrogen-bond acceptors (Lipinski definition) is 4. The molecule has 104 valence electrons. The molecule has 1 atom stereocenters. The lowest BCUT2D eigenvalue weighted by atomic mass is 10.1. The maximum Gasteiger partial charge on any atom is 0.283 e. The summed E-state index contributed by atoms with van der Waals surface area (Å²) in [4.78, 5) is 12.3. The van der Waals surface area contributed by atoms with Gasteiger partial charge in [-0.2, -0.15) is 0 Å². The molecule has 0 bridgehead atoms. The molecule has 2 rings (SSSR count). The average Bonchev–Trinajstić information content (AvgIpc) is 2.41. The molecular weight excluding hydrogens is 274 g/mol. The SMILES string of the molecule is Cc1ccccc1Sc1ccc([C@H](C)O)cc1[N+](=O)[O-]. The molecule has 0 amide bonds. The van der Waals surface area contributed by atoms with Crippen molar-refractivity contribution in [2.24, 2.45) is 0 Å². The lowest BCUT2D eigenvalue weighted by Gasteiger charge is -2.09. The Balaban J connectivity index is 2.41. The van der Waals surface area contributed by atoms with E-state index in [4.69, 9.17) is 0 Å². The van der Waals surface area contributed by atoms with Crippen LogP contribution in [0.1, 0.15) is 24.2 Å². The number of hydrogen-bond donors (Lipinski definition) is 1. The summed E-state index contributed by atoms with van der Waals surface area (Å²) < 4.78 is 0. The first-order valence-corrected chi connectivity index (χ1v) is 7.00. The highest BCUT2D eigenvalue weighted by Crippen LogP contribution is 2.37. The zero-order chi connectivity index (χ0) is 14.7. The van der Waals surface area contributed by atoms with Crippen molar-refractivity contribution in [2.45, 2.75) is 29.7 Å². The van der Waals surface area contributed by atoms with Gasteiger partial charge in [0.15, 0.2) is 0 Å². The Labute approximate surface area is 121 Å². The molecule has 2 aromatic carbocycles. The highest BCUT2D eigenvalue weighted by atomic mass is 32.2. The van der Waals surface area contributed by atoms with E-state index in [1.165, 1.54) is 17.8 Å². The molecule has 1 N–H and O–H groups in total. The standard InChI is InChI=1S/C15H15NO3S/c1-10-5-3-4-6-14(10)20-15-8-7-12(11(2)17)9-13(15)16(18)19/h3-9,11,17H,1-2H3/t11-/m0/s1. The minimum atomic E-state index is -0.716. The fraction of sp³-hybridized carbons (Fsp3) is 0.200. The summed E-state index contributed by atoms with van der Waals surface area (Å²) in [5.41, 5.74) is 1.65. The monoisotopic (exact) mass is 289 g/mol. The minimum absolute atomic E-state index is 0.0247. The quantitative estimate of drug-likeness (QED) is 0.679. The minimum Gasteiger partial charge on any atom is -0.389 e. The van der Waals surface area contributed by atoms with Crippen LogP contribution in [-0.4, -0.2) is 10.0 Å². The van der Waals surface area contributed by atoms with Gasteiger partial charge >= 0.3 is 0 Å². The molecule has 2 aromatic rings. The summed E-state index contributed by atoms with van der Waals surface area (Å²) in [5, 5.41) is 20.7. The number of rotatable bonds is 4. The van der Waals surface area contributed by atoms with Crippen LogP contribution >= 0.6 is 11.8 Å². The predicted molar refractivity (Wildman–Crippen MR) is 79.0 cm³/mol. The molecule has 0 aliphatic carbocycles. The van der Waals surface area contributed by atoms with Gasteiger partial charge in [-0.15, -0.1) is 0 Å². The first-order chi connectivity index (χ1) is 9.49. The summed E-state index contributed by atoms with van der Waals surface area (Å²) >= 11 is 1.37. The van der Waals surface area contributed by atoms with E-state index in [0.717, 1.165) is 10.5 Å². The Morgan fingerprint density at radius 3 is 2.50 bits per heavy atom. The fourth-order valence-corrected chi connectivity index (χ4v) is 2.80. The van der Waals surface area contributed by atoms with Gasteiger partial charge in [-0.05, 0) is 37.1 Å². The Morgan fingerprint density at radius 2 is 1.90 bits per heavy atom. The fourth-order valence-electron chi connectivity index (χ4n) is 1.81. The van der Waals surface area contributed by atoms with Crippen molar-refractivity contribution in [1.29, 1.82) is 0 Å². The van der Waals surface area contributed by atoms with Gasteiger partial charge in [0.05, 0.1) is 15.9 Å². The Kier molecular flexibility index (Phi) is 4.42. The normalized spacial score (nSPS) is 12.2. The first-order valence-electron chi connectivity index (χ1n) is 6.19. The van der Waals surface area contributed by atoms with Crippen molar-refractivity contribution in [2.75, 3.05) is 0 Å². The van der Waals surface area contributed by atoms with Crippen LogP contribution in [0.15, 0.2) is 52.3 Å². The van der Waals surface area contributed by atoms with E-state index in [9.17, 15) is 15.2 Å². The van der Waals surface area contributed by atoms with Crippen molar-refractivity contribution in [1.82, 2.24) is 0 Å². The van der Waals surface area contributed by atoms with Crippen LogP contribution in [0.4, 0.5) is 5.69 Å². The Bertz CT molecular complexity index is 641. The topological polar surface area (TPSA) is 63.4 Å². The van der Waals surface area contributed by atoms with Gasteiger partial charge in [-0.1, -0.05) is 36.0 Å². The smallest absolute Gasteiger partial charge is 0.283 e. The maximum absolute atomic E-state index is 11.2. The second kappa shape index (κ2) is 6.07. The van der Waals surface area contributed by atoms with E-state index in [1.807, 2.05) is 31.2 Å². The van der Waals surface area contributed by atoms with Crippen molar-refractivity contribution >= 4 is 17.4 Å². The summed E-state index contributed by atoms with van der Waals surface area (Å²) in [5.74, 6) is 0. The molecule has 0 fully saturated rings. The van der Waals surface area contributed by atoms with E-state index in [1.54, 1.807) is 19.1 Å². The van der Waals surface area contributed by atoms with Gasteiger partial charge in [-0.25, -0.2) is 0 Å². The van der Waals surface area contributed by atoms with Gasteiger partial charge in [0.25, 0.3) is 5.69 Å². The van der Waals surface area contributed by atoms with Crippen molar-refractivity contribution in [3.8, 4) is 0 Å². The molecule has 0 spiro atoms. The highest BCUT2D eigenvalue weighted by molar-refractivity contribution is 7.99. The van der Waals surface area contributed by atoms with E-state index in [2.05, 4.69) is 0 Å². The number of benzene rings is 2. The van der Waals surface area contributed by atoms with E-state index < -0.39 is 11.0 Å². The zero-order valence-corrected chi connectivity index (χ0v) is 12.1. The van der Waals surface area contributed by atoms with Gasteiger partial charge in [0.2, 0.25) is 0 Å². The van der Waals surface area contributed by atoms with Gasteiger partial charge in [-0.3, -0.25) is 10.1 Å². The predicted octanol–water partition coefficient (Wildman–Crippen LogP) is 4.11. The average molecular weight is 289 g/mol. The van der Waals surface area contributed by atoms with Gasteiger partial charge in [0, 0.05) is 11.0 Å². The van der Waals surface area contributed by atoms with Crippen LogP contribution in [0.2, 0.25) is 0 Å². The molecule has 0 saturated carbocycles. The van der Waals surface area contributed by atoms with Crippen LogP contribution in [0.3, 0.4) is 0 Å². The molecule has 0 unspecified atom stereocenters. The third-order valence-electron chi connectivity index (χ3n) is 2.98. The second-order valence-electron chi connectivity index (χ2n) is 4.53. The van der Waals surface area contributed by atoms with Crippen molar-refractivity contribution in [3.05, 3.63) is 63.7 Å². The third-order valence-corrected chi connectivity index (χ3v) is 4.22. The number of aliphatic hydroxyl groups excluding tert-OH is 1. The van der Waals surface area contributed by atoms with Crippen molar-refractivity contribution < 1.29 is 10.0 Å². The van der Waals surface area contributed by atoms with Crippen LogP contribution in [0, 0.1) is 17.0 Å². The first kappa shape index (κ1) is 14.6. The number of aliphatic hydroxyl groups is 1. The number of nitro groups is 1.